The minimum atomic E-state index is -0.452. The average molecular weight is 382 g/mol. The molecule has 2 bridgehead atoms. The van der Waals surface area contributed by atoms with Crippen molar-refractivity contribution in [2.75, 3.05) is 18.0 Å². The average Bonchev–Trinajstić information content (AvgIpc) is 3.10. The lowest BCUT2D eigenvalue weighted by atomic mass is 9.92. The normalized spacial score (nSPS) is 25.2. The van der Waals surface area contributed by atoms with Crippen molar-refractivity contribution in [1.29, 1.82) is 0 Å². The Morgan fingerprint density at radius 1 is 1.36 bits per heavy atom. The molecule has 3 heterocycles. The number of hydrogen-bond acceptors (Lipinski definition) is 6. The van der Waals surface area contributed by atoms with Crippen LogP contribution in [0, 0.1) is 17.7 Å². The molecule has 1 aliphatic heterocycles. The number of nitrogens with one attached hydrogen (secondary N) is 1. The number of amides is 1. The Bertz CT molecular complexity index is 802. The van der Waals surface area contributed by atoms with Crippen molar-refractivity contribution in [3.05, 3.63) is 23.2 Å². The Hall–Kier alpha value is -1.80. The minimum absolute atomic E-state index is 0.0271. The molecule has 2 fully saturated rings. The van der Waals surface area contributed by atoms with E-state index >= 15 is 0 Å². The standard InChI is InChI=1S/C16H17ClFN5OS/c1-8(24)20-14-9-2-3-10(14)7-23(6-9)16-22-21-15(25-16)11-5-19-13(17)4-12(11)18/h4-5,9-10,14H,2-3,6-7H2,1H3,(H,20,24)/t9-,10+,14-. The molecular weight excluding hydrogens is 365 g/mol. The minimum Gasteiger partial charge on any atom is -0.353 e. The van der Waals surface area contributed by atoms with Gasteiger partial charge in [0, 0.05) is 38.3 Å². The van der Waals surface area contributed by atoms with Gasteiger partial charge in [0.1, 0.15) is 11.0 Å². The maximum atomic E-state index is 14.1. The molecule has 1 N–H and O–H groups in total. The third-order valence-electron chi connectivity index (χ3n) is 4.94. The van der Waals surface area contributed by atoms with Crippen LogP contribution in [0.3, 0.4) is 0 Å². The van der Waals surface area contributed by atoms with Crippen LogP contribution >= 0.6 is 22.9 Å². The number of anilines is 1. The predicted molar refractivity (Wildman–Crippen MR) is 94.1 cm³/mol. The Kier molecular flexibility index (Phi) is 4.33. The zero-order valence-corrected chi connectivity index (χ0v) is 15.1. The molecular formula is C16H17ClFN5OS. The van der Waals surface area contributed by atoms with Gasteiger partial charge in [-0.2, -0.15) is 0 Å². The van der Waals surface area contributed by atoms with E-state index in [0.717, 1.165) is 31.1 Å². The van der Waals surface area contributed by atoms with Gasteiger partial charge < -0.3 is 10.2 Å². The summed E-state index contributed by atoms with van der Waals surface area (Å²) < 4.78 is 14.1. The first-order valence-corrected chi connectivity index (χ1v) is 9.37. The van der Waals surface area contributed by atoms with E-state index in [2.05, 4.69) is 25.4 Å². The smallest absolute Gasteiger partial charge is 0.217 e. The van der Waals surface area contributed by atoms with Gasteiger partial charge in [-0.05, 0) is 24.7 Å². The molecule has 2 aliphatic rings. The van der Waals surface area contributed by atoms with Crippen molar-refractivity contribution in [2.24, 2.45) is 11.8 Å². The molecule has 0 radical (unpaired) electrons. The Morgan fingerprint density at radius 3 is 2.72 bits per heavy atom. The molecule has 2 aromatic heterocycles. The second-order valence-electron chi connectivity index (χ2n) is 6.61. The zero-order chi connectivity index (χ0) is 17.6. The number of nitrogens with zero attached hydrogens (tertiary/aromatic N) is 4. The zero-order valence-electron chi connectivity index (χ0n) is 13.6. The topological polar surface area (TPSA) is 71.0 Å². The van der Waals surface area contributed by atoms with E-state index in [1.54, 1.807) is 6.92 Å². The molecule has 1 saturated carbocycles. The molecule has 1 saturated heterocycles. The van der Waals surface area contributed by atoms with E-state index in [9.17, 15) is 9.18 Å². The van der Waals surface area contributed by atoms with Crippen molar-refractivity contribution < 1.29 is 9.18 Å². The first kappa shape index (κ1) is 16.7. The number of rotatable bonds is 3. The summed E-state index contributed by atoms with van der Waals surface area (Å²) in [5, 5.41) is 12.8. The Morgan fingerprint density at radius 2 is 2.08 bits per heavy atom. The van der Waals surface area contributed by atoms with Crippen molar-refractivity contribution in [2.45, 2.75) is 25.8 Å². The van der Waals surface area contributed by atoms with Crippen LogP contribution in [0.4, 0.5) is 9.52 Å². The summed E-state index contributed by atoms with van der Waals surface area (Å²) in [6.45, 7) is 3.23. The molecule has 25 heavy (non-hydrogen) atoms. The van der Waals surface area contributed by atoms with Crippen LogP contribution in [-0.2, 0) is 4.79 Å². The number of halogens is 2. The summed E-state index contributed by atoms with van der Waals surface area (Å²) in [7, 11) is 0. The van der Waals surface area contributed by atoms with Gasteiger partial charge in [-0.1, -0.05) is 22.9 Å². The van der Waals surface area contributed by atoms with Crippen LogP contribution in [0.15, 0.2) is 12.3 Å². The van der Waals surface area contributed by atoms with Gasteiger partial charge in [-0.15, -0.1) is 10.2 Å². The van der Waals surface area contributed by atoms with Crippen molar-refractivity contribution >= 4 is 34.0 Å². The molecule has 2 aromatic rings. The van der Waals surface area contributed by atoms with Gasteiger partial charge >= 0.3 is 0 Å². The first-order chi connectivity index (χ1) is 12.0. The van der Waals surface area contributed by atoms with Gasteiger partial charge in [0.2, 0.25) is 11.0 Å². The SMILES string of the molecule is CC(=O)N[C@@H]1[C@@H]2CC[C@H]1CN(c1nnc(-c3cnc(Cl)cc3F)s1)C2. The molecule has 1 aliphatic carbocycles. The maximum absolute atomic E-state index is 14.1. The predicted octanol–water partition coefficient (Wildman–Crippen LogP) is 2.74. The molecule has 4 rings (SSSR count). The summed E-state index contributed by atoms with van der Waals surface area (Å²) in [6, 6.07) is 1.43. The number of aromatic nitrogens is 3. The molecule has 0 unspecified atom stereocenters. The second kappa shape index (κ2) is 6.49. The van der Waals surface area contributed by atoms with Crippen molar-refractivity contribution in [3.8, 4) is 10.6 Å². The van der Waals surface area contributed by atoms with E-state index in [-0.39, 0.29) is 17.1 Å². The van der Waals surface area contributed by atoms with Crippen molar-refractivity contribution in [3.63, 3.8) is 0 Å². The fourth-order valence-corrected chi connectivity index (χ4v) is 4.89. The van der Waals surface area contributed by atoms with Crippen LogP contribution < -0.4 is 10.2 Å². The molecule has 1 amide bonds. The summed E-state index contributed by atoms with van der Waals surface area (Å²) in [5.74, 6) is 0.416. The van der Waals surface area contributed by atoms with Crippen LogP contribution in [0.2, 0.25) is 5.15 Å². The summed E-state index contributed by atoms with van der Waals surface area (Å²) in [5.41, 5.74) is 0.309. The first-order valence-electron chi connectivity index (χ1n) is 8.18. The highest BCUT2D eigenvalue weighted by Crippen LogP contribution is 2.40. The molecule has 0 spiro atoms. The highest BCUT2D eigenvalue weighted by atomic mass is 35.5. The van der Waals surface area contributed by atoms with Gasteiger partial charge in [0.25, 0.3) is 0 Å². The van der Waals surface area contributed by atoms with Crippen LogP contribution in [0.5, 0.6) is 0 Å². The quantitative estimate of drug-likeness (QED) is 0.828. The van der Waals surface area contributed by atoms with Gasteiger partial charge in [-0.3, -0.25) is 4.79 Å². The molecule has 0 aromatic carbocycles. The van der Waals surface area contributed by atoms with Crippen molar-refractivity contribution in [1.82, 2.24) is 20.5 Å². The van der Waals surface area contributed by atoms with Gasteiger partial charge in [0.15, 0.2) is 5.01 Å². The third-order valence-corrected chi connectivity index (χ3v) is 6.16. The fraction of sp³-hybridized carbons (Fsp3) is 0.500. The van der Waals surface area contributed by atoms with Gasteiger partial charge in [0.05, 0.1) is 5.56 Å². The van der Waals surface area contributed by atoms with Crippen LogP contribution in [0.25, 0.3) is 10.6 Å². The Labute approximate surface area is 153 Å². The lowest BCUT2D eigenvalue weighted by Crippen LogP contribution is -2.52. The Balaban J connectivity index is 1.53. The number of pyridine rings is 1. The number of hydrogen-bond donors (Lipinski definition) is 1. The molecule has 6 nitrogen and oxygen atoms in total. The number of fused-ring (bicyclic) bond motifs is 2. The fourth-order valence-electron chi connectivity index (χ4n) is 3.87. The van der Waals surface area contributed by atoms with E-state index < -0.39 is 5.82 Å². The second-order valence-corrected chi connectivity index (χ2v) is 7.95. The summed E-state index contributed by atoms with van der Waals surface area (Å²) in [6.07, 6.45) is 3.59. The number of carbonyl (C=O) groups is 1. The van der Waals surface area contributed by atoms with E-state index in [4.69, 9.17) is 11.6 Å². The number of piperidine rings is 1. The van der Waals surface area contributed by atoms with Gasteiger partial charge in [-0.25, -0.2) is 9.37 Å². The summed E-state index contributed by atoms with van der Waals surface area (Å²) >= 11 is 7.05. The lowest BCUT2D eigenvalue weighted by Gasteiger charge is -2.37. The van der Waals surface area contributed by atoms with Crippen LogP contribution in [-0.4, -0.2) is 40.2 Å². The highest BCUT2D eigenvalue weighted by Gasteiger charge is 2.43. The maximum Gasteiger partial charge on any atom is 0.217 e. The largest absolute Gasteiger partial charge is 0.353 e. The third kappa shape index (κ3) is 3.20. The summed E-state index contributed by atoms with van der Waals surface area (Å²) in [4.78, 5) is 17.5. The molecule has 9 heteroatoms. The molecule has 132 valence electrons. The number of carbonyl (C=O) groups excluding carboxylic acids is 1. The monoisotopic (exact) mass is 381 g/mol. The van der Waals surface area contributed by atoms with E-state index in [0.29, 0.717) is 22.4 Å². The van der Waals surface area contributed by atoms with E-state index in [1.807, 2.05) is 0 Å². The van der Waals surface area contributed by atoms with Crippen LogP contribution in [0.1, 0.15) is 19.8 Å². The highest BCUT2D eigenvalue weighted by molar-refractivity contribution is 7.18. The molecule has 3 atom stereocenters. The van der Waals surface area contributed by atoms with E-state index in [1.165, 1.54) is 23.6 Å². The lowest BCUT2D eigenvalue weighted by molar-refractivity contribution is -0.120.